The molecule has 0 aliphatic rings. The fourth-order valence-electron chi connectivity index (χ4n) is 2.33. The van der Waals surface area contributed by atoms with Crippen LogP contribution in [0, 0.1) is 0 Å². The summed E-state index contributed by atoms with van der Waals surface area (Å²) in [5.74, 6) is 0. The Kier molecular flexibility index (Phi) is 5.36. The molecule has 0 N–H and O–H groups in total. The van der Waals surface area contributed by atoms with Crippen molar-refractivity contribution in [2.24, 2.45) is 0 Å². The first kappa shape index (κ1) is 14.8. The maximum absolute atomic E-state index is 5.05. The van der Waals surface area contributed by atoms with E-state index in [0.29, 0.717) is 0 Å². The number of hydrogen-bond acceptors (Lipinski definition) is 3. The topological polar surface area (TPSA) is 29.3 Å². The molecule has 0 fully saturated rings. The zero-order chi connectivity index (χ0) is 14.4. The van der Waals surface area contributed by atoms with Crippen LogP contribution in [0.1, 0.15) is 36.2 Å². The SMILES string of the molecule is CCc1ccc(CCN(C)Cc2conc2CC)cc1. The summed E-state index contributed by atoms with van der Waals surface area (Å²) >= 11 is 0. The van der Waals surface area contributed by atoms with Gasteiger partial charge in [-0.05, 0) is 37.4 Å². The number of nitrogens with zero attached hydrogens (tertiary/aromatic N) is 2. The Morgan fingerprint density at radius 1 is 1.05 bits per heavy atom. The van der Waals surface area contributed by atoms with Gasteiger partial charge >= 0.3 is 0 Å². The van der Waals surface area contributed by atoms with Crippen molar-refractivity contribution in [3.8, 4) is 0 Å². The summed E-state index contributed by atoms with van der Waals surface area (Å²) in [4.78, 5) is 2.32. The van der Waals surface area contributed by atoms with Crippen LogP contribution in [-0.2, 0) is 25.8 Å². The lowest BCUT2D eigenvalue weighted by molar-refractivity contribution is 0.329. The molecule has 1 aromatic carbocycles. The highest BCUT2D eigenvalue weighted by Gasteiger charge is 2.08. The van der Waals surface area contributed by atoms with Gasteiger partial charge in [0.25, 0.3) is 0 Å². The normalized spacial score (nSPS) is 11.2. The molecule has 0 atom stereocenters. The van der Waals surface area contributed by atoms with Crippen molar-refractivity contribution in [1.29, 1.82) is 0 Å². The minimum absolute atomic E-state index is 0.902. The standard InChI is InChI=1S/C17H24N2O/c1-4-14-6-8-15(9-7-14)10-11-19(3)12-16-13-20-18-17(16)5-2/h6-9,13H,4-5,10-12H2,1-3H3. The quantitative estimate of drug-likeness (QED) is 0.773. The summed E-state index contributed by atoms with van der Waals surface area (Å²) in [7, 11) is 2.15. The summed E-state index contributed by atoms with van der Waals surface area (Å²) < 4.78 is 5.05. The molecule has 108 valence electrons. The van der Waals surface area contributed by atoms with Gasteiger partial charge in [0.2, 0.25) is 0 Å². The zero-order valence-electron chi connectivity index (χ0n) is 12.7. The van der Waals surface area contributed by atoms with Crippen LogP contribution in [-0.4, -0.2) is 23.6 Å². The highest BCUT2D eigenvalue weighted by molar-refractivity contribution is 5.22. The fourth-order valence-corrected chi connectivity index (χ4v) is 2.33. The van der Waals surface area contributed by atoms with Gasteiger partial charge in [0, 0.05) is 18.7 Å². The van der Waals surface area contributed by atoms with E-state index in [9.17, 15) is 0 Å². The van der Waals surface area contributed by atoms with Crippen molar-refractivity contribution in [3.05, 3.63) is 52.9 Å². The molecule has 1 heterocycles. The van der Waals surface area contributed by atoms with E-state index < -0.39 is 0 Å². The van der Waals surface area contributed by atoms with Gasteiger partial charge in [-0.2, -0.15) is 0 Å². The summed E-state index contributed by atoms with van der Waals surface area (Å²) in [5, 5.41) is 4.02. The Morgan fingerprint density at radius 3 is 2.40 bits per heavy atom. The van der Waals surface area contributed by atoms with Gasteiger partial charge in [-0.3, -0.25) is 0 Å². The van der Waals surface area contributed by atoms with Crippen LogP contribution < -0.4 is 0 Å². The lowest BCUT2D eigenvalue weighted by Crippen LogP contribution is -2.21. The third-order valence-corrected chi connectivity index (χ3v) is 3.72. The number of hydrogen-bond donors (Lipinski definition) is 0. The molecular formula is C17H24N2O. The first-order valence-electron chi connectivity index (χ1n) is 7.41. The van der Waals surface area contributed by atoms with Crippen molar-refractivity contribution in [3.63, 3.8) is 0 Å². The second kappa shape index (κ2) is 7.25. The van der Waals surface area contributed by atoms with Gasteiger partial charge in [0.05, 0.1) is 5.69 Å². The molecule has 0 bridgehead atoms. The van der Waals surface area contributed by atoms with Crippen molar-refractivity contribution < 1.29 is 4.52 Å². The molecule has 0 aliphatic carbocycles. The van der Waals surface area contributed by atoms with Gasteiger partial charge in [0.15, 0.2) is 0 Å². The molecule has 0 spiro atoms. The van der Waals surface area contributed by atoms with E-state index in [-0.39, 0.29) is 0 Å². The maximum atomic E-state index is 5.05. The van der Waals surface area contributed by atoms with Crippen LogP contribution in [0.15, 0.2) is 35.1 Å². The van der Waals surface area contributed by atoms with E-state index in [1.165, 1.54) is 16.7 Å². The molecule has 0 aliphatic heterocycles. The molecule has 2 aromatic rings. The van der Waals surface area contributed by atoms with Gasteiger partial charge in [0.1, 0.15) is 6.26 Å². The monoisotopic (exact) mass is 272 g/mol. The number of aryl methyl sites for hydroxylation is 2. The lowest BCUT2D eigenvalue weighted by Gasteiger charge is -2.16. The Hall–Kier alpha value is -1.61. The largest absolute Gasteiger partial charge is 0.364 e. The molecule has 0 radical (unpaired) electrons. The van der Waals surface area contributed by atoms with Crippen molar-refractivity contribution in [1.82, 2.24) is 10.1 Å². The van der Waals surface area contributed by atoms with Crippen molar-refractivity contribution >= 4 is 0 Å². The van der Waals surface area contributed by atoms with E-state index in [4.69, 9.17) is 4.52 Å². The van der Waals surface area contributed by atoms with Crippen LogP contribution in [0.2, 0.25) is 0 Å². The van der Waals surface area contributed by atoms with Crippen LogP contribution in [0.25, 0.3) is 0 Å². The first-order valence-corrected chi connectivity index (χ1v) is 7.41. The smallest absolute Gasteiger partial charge is 0.128 e. The summed E-state index contributed by atoms with van der Waals surface area (Å²) in [6, 6.07) is 8.93. The number of benzene rings is 1. The number of aromatic nitrogens is 1. The molecule has 0 amide bonds. The van der Waals surface area contributed by atoms with Crippen molar-refractivity contribution in [2.75, 3.05) is 13.6 Å². The predicted molar refractivity (Wildman–Crippen MR) is 81.7 cm³/mol. The van der Waals surface area contributed by atoms with Gasteiger partial charge in [-0.15, -0.1) is 0 Å². The van der Waals surface area contributed by atoms with Crippen LogP contribution in [0.3, 0.4) is 0 Å². The fraction of sp³-hybridized carbons (Fsp3) is 0.471. The highest BCUT2D eigenvalue weighted by atomic mass is 16.5. The number of likely N-dealkylation sites (N-methyl/N-ethyl adjacent to an activating group) is 1. The molecule has 2 rings (SSSR count). The molecular weight excluding hydrogens is 248 g/mol. The average Bonchev–Trinajstić information content (AvgIpc) is 2.92. The van der Waals surface area contributed by atoms with E-state index in [0.717, 1.165) is 38.0 Å². The predicted octanol–water partition coefficient (Wildman–Crippen LogP) is 3.47. The first-order chi connectivity index (χ1) is 9.72. The Morgan fingerprint density at radius 2 is 1.75 bits per heavy atom. The average molecular weight is 272 g/mol. The molecule has 0 saturated heterocycles. The van der Waals surface area contributed by atoms with Crippen LogP contribution in [0.4, 0.5) is 0 Å². The summed E-state index contributed by atoms with van der Waals surface area (Å²) in [6.45, 7) is 6.24. The van der Waals surface area contributed by atoms with Gasteiger partial charge in [-0.25, -0.2) is 0 Å². The molecule has 3 nitrogen and oxygen atoms in total. The summed E-state index contributed by atoms with van der Waals surface area (Å²) in [6.07, 6.45) is 4.88. The Bertz CT molecular complexity index is 516. The lowest BCUT2D eigenvalue weighted by atomic mass is 10.1. The maximum Gasteiger partial charge on any atom is 0.128 e. The third kappa shape index (κ3) is 3.94. The second-order valence-electron chi connectivity index (χ2n) is 5.30. The molecule has 0 saturated carbocycles. The third-order valence-electron chi connectivity index (χ3n) is 3.72. The van der Waals surface area contributed by atoms with Crippen LogP contribution >= 0.6 is 0 Å². The van der Waals surface area contributed by atoms with Crippen molar-refractivity contribution in [2.45, 2.75) is 39.7 Å². The molecule has 0 unspecified atom stereocenters. The minimum atomic E-state index is 0.902. The molecule has 20 heavy (non-hydrogen) atoms. The zero-order valence-corrected chi connectivity index (χ0v) is 12.7. The molecule has 3 heteroatoms. The second-order valence-corrected chi connectivity index (χ2v) is 5.30. The Labute approximate surface area is 121 Å². The van der Waals surface area contributed by atoms with Gasteiger partial charge in [-0.1, -0.05) is 43.3 Å². The van der Waals surface area contributed by atoms with E-state index in [1.54, 1.807) is 6.26 Å². The van der Waals surface area contributed by atoms with Crippen LogP contribution in [0.5, 0.6) is 0 Å². The summed E-state index contributed by atoms with van der Waals surface area (Å²) in [5.41, 5.74) is 5.08. The number of rotatable bonds is 7. The van der Waals surface area contributed by atoms with E-state index in [2.05, 4.69) is 55.2 Å². The van der Waals surface area contributed by atoms with Gasteiger partial charge < -0.3 is 9.42 Å². The Balaban J connectivity index is 1.83. The highest BCUT2D eigenvalue weighted by Crippen LogP contribution is 2.11. The van der Waals surface area contributed by atoms with E-state index in [1.807, 2.05) is 0 Å². The van der Waals surface area contributed by atoms with E-state index >= 15 is 0 Å². The molecule has 1 aromatic heterocycles. The minimum Gasteiger partial charge on any atom is -0.364 e.